The van der Waals surface area contributed by atoms with E-state index in [-0.39, 0.29) is 11.3 Å². The maximum Gasteiger partial charge on any atom is 0.313 e. The van der Waals surface area contributed by atoms with Crippen LogP contribution in [-0.2, 0) is 9.59 Å². The van der Waals surface area contributed by atoms with Crippen LogP contribution in [0, 0.1) is 17.1 Å². The average molecular weight is 290 g/mol. The highest BCUT2D eigenvalue weighted by Gasteiger charge is 2.23. The fraction of sp³-hybridized carbons (Fsp3) is 0.357. The van der Waals surface area contributed by atoms with E-state index in [1.54, 1.807) is 6.07 Å². The molecule has 110 valence electrons. The first-order valence-electron chi connectivity index (χ1n) is 6.63. The fourth-order valence-corrected chi connectivity index (χ4v) is 2.11. The standard InChI is InChI=1S/C14H15FN4O2/c15-11-3-1-4-12(10(11)9-16)18-13(20)14(21)19-7-2-5-17-6-8-19/h1,3-4,17H,2,5-8H2,(H,18,20). The third-order valence-corrected chi connectivity index (χ3v) is 3.20. The Morgan fingerprint density at radius 1 is 1.33 bits per heavy atom. The van der Waals surface area contributed by atoms with Gasteiger partial charge in [-0.1, -0.05) is 6.07 Å². The van der Waals surface area contributed by atoms with Gasteiger partial charge in [-0.25, -0.2) is 4.39 Å². The minimum Gasteiger partial charge on any atom is -0.333 e. The van der Waals surface area contributed by atoms with Crippen molar-refractivity contribution in [2.24, 2.45) is 0 Å². The molecule has 1 heterocycles. The lowest BCUT2D eigenvalue weighted by atomic mass is 10.2. The van der Waals surface area contributed by atoms with Crippen LogP contribution in [0.1, 0.15) is 12.0 Å². The van der Waals surface area contributed by atoms with Gasteiger partial charge in [-0.15, -0.1) is 0 Å². The first-order valence-corrected chi connectivity index (χ1v) is 6.63. The second-order valence-corrected chi connectivity index (χ2v) is 4.62. The molecule has 1 saturated heterocycles. The molecular weight excluding hydrogens is 275 g/mol. The molecule has 2 amide bonds. The van der Waals surface area contributed by atoms with Crippen LogP contribution in [0.3, 0.4) is 0 Å². The number of benzene rings is 1. The van der Waals surface area contributed by atoms with Crippen molar-refractivity contribution in [2.75, 3.05) is 31.5 Å². The van der Waals surface area contributed by atoms with E-state index < -0.39 is 17.6 Å². The van der Waals surface area contributed by atoms with Crippen molar-refractivity contribution >= 4 is 17.5 Å². The number of hydrogen-bond acceptors (Lipinski definition) is 4. The summed E-state index contributed by atoms with van der Waals surface area (Å²) < 4.78 is 13.4. The highest BCUT2D eigenvalue weighted by molar-refractivity contribution is 6.39. The molecule has 1 aliphatic rings. The zero-order valence-electron chi connectivity index (χ0n) is 11.4. The quantitative estimate of drug-likeness (QED) is 0.736. The predicted molar refractivity (Wildman–Crippen MR) is 73.8 cm³/mol. The van der Waals surface area contributed by atoms with Crippen LogP contribution in [0.5, 0.6) is 0 Å². The van der Waals surface area contributed by atoms with E-state index in [2.05, 4.69) is 10.6 Å². The van der Waals surface area contributed by atoms with Crippen molar-refractivity contribution in [1.82, 2.24) is 10.2 Å². The van der Waals surface area contributed by atoms with E-state index in [1.807, 2.05) is 0 Å². The number of hydrogen-bond donors (Lipinski definition) is 2. The summed E-state index contributed by atoms with van der Waals surface area (Å²) in [5.41, 5.74) is -0.278. The van der Waals surface area contributed by atoms with Crippen molar-refractivity contribution in [3.8, 4) is 6.07 Å². The number of amides is 2. The smallest absolute Gasteiger partial charge is 0.313 e. The maximum atomic E-state index is 13.4. The van der Waals surface area contributed by atoms with Crippen LogP contribution in [-0.4, -0.2) is 42.9 Å². The summed E-state index contributed by atoms with van der Waals surface area (Å²) >= 11 is 0. The second-order valence-electron chi connectivity index (χ2n) is 4.62. The van der Waals surface area contributed by atoms with Crippen LogP contribution >= 0.6 is 0 Å². The molecule has 7 heteroatoms. The molecular formula is C14H15FN4O2. The summed E-state index contributed by atoms with van der Waals surface area (Å²) in [7, 11) is 0. The minimum atomic E-state index is -0.862. The third kappa shape index (κ3) is 3.55. The fourth-order valence-electron chi connectivity index (χ4n) is 2.11. The minimum absolute atomic E-state index is 0.00352. The van der Waals surface area contributed by atoms with E-state index in [0.29, 0.717) is 19.6 Å². The zero-order chi connectivity index (χ0) is 15.2. The second kappa shape index (κ2) is 6.81. The van der Waals surface area contributed by atoms with Crippen molar-refractivity contribution < 1.29 is 14.0 Å². The van der Waals surface area contributed by atoms with Gasteiger partial charge in [-0.2, -0.15) is 5.26 Å². The lowest BCUT2D eigenvalue weighted by Crippen LogP contribution is -2.41. The first-order chi connectivity index (χ1) is 10.1. The number of carbonyl (C=O) groups is 2. The molecule has 1 fully saturated rings. The third-order valence-electron chi connectivity index (χ3n) is 3.20. The van der Waals surface area contributed by atoms with Gasteiger partial charge in [0.2, 0.25) is 0 Å². The van der Waals surface area contributed by atoms with Crippen LogP contribution in [0.25, 0.3) is 0 Å². The summed E-state index contributed by atoms with van der Waals surface area (Å²) in [6.07, 6.45) is 0.766. The summed E-state index contributed by atoms with van der Waals surface area (Å²) in [5.74, 6) is -2.27. The number of nitrogens with one attached hydrogen (secondary N) is 2. The van der Waals surface area contributed by atoms with E-state index in [0.717, 1.165) is 19.0 Å². The number of nitrogens with zero attached hydrogens (tertiary/aromatic N) is 2. The average Bonchev–Trinajstić information content (AvgIpc) is 2.75. The van der Waals surface area contributed by atoms with Gasteiger partial charge >= 0.3 is 11.8 Å². The molecule has 0 aliphatic carbocycles. The molecule has 6 nitrogen and oxygen atoms in total. The molecule has 2 N–H and O–H groups in total. The molecule has 1 aliphatic heterocycles. The van der Waals surface area contributed by atoms with E-state index in [1.165, 1.54) is 17.0 Å². The summed E-state index contributed by atoms with van der Waals surface area (Å²) in [5, 5.41) is 14.3. The van der Waals surface area contributed by atoms with Crippen molar-refractivity contribution in [2.45, 2.75) is 6.42 Å². The van der Waals surface area contributed by atoms with Crippen LogP contribution in [0.15, 0.2) is 18.2 Å². The van der Waals surface area contributed by atoms with Gasteiger partial charge in [-0.05, 0) is 25.1 Å². The molecule has 21 heavy (non-hydrogen) atoms. The van der Waals surface area contributed by atoms with Crippen molar-refractivity contribution in [3.05, 3.63) is 29.6 Å². The van der Waals surface area contributed by atoms with Crippen LogP contribution in [0.2, 0.25) is 0 Å². The Hall–Kier alpha value is -2.46. The highest BCUT2D eigenvalue weighted by atomic mass is 19.1. The van der Waals surface area contributed by atoms with Crippen LogP contribution < -0.4 is 10.6 Å². The van der Waals surface area contributed by atoms with Gasteiger partial charge in [0, 0.05) is 19.6 Å². The number of nitriles is 1. The van der Waals surface area contributed by atoms with Crippen molar-refractivity contribution in [3.63, 3.8) is 0 Å². The van der Waals surface area contributed by atoms with Gasteiger partial charge in [0.1, 0.15) is 17.4 Å². The molecule has 0 spiro atoms. The van der Waals surface area contributed by atoms with Gasteiger partial charge in [0.15, 0.2) is 0 Å². The number of rotatable bonds is 1. The molecule has 1 aromatic carbocycles. The number of carbonyl (C=O) groups excluding carboxylic acids is 2. The Balaban J connectivity index is 2.09. The monoisotopic (exact) mass is 290 g/mol. The molecule has 0 saturated carbocycles. The molecule has 0 unspecified atom stereocenters. The zero-order valence-corrected chi connectivity index (χ0v) is 11.4. The normalized spacial score (nSPS) is 15.0. The molecule has 0 radical (unpaired) electrons. The Labute approximate surface area is 121 Å². The highest BCUT2D eigenvalue weighted by Crippen LogP contribution is 2.17. The number of halogens is 1. The van der Waals surface area contributed by atoms with E-state index in [4.69, 9.17) is 5.26 Å². The van der Waals surface area contributed by atoms with Gasteiger partial charge in [0.25, 0.3) is 0 Å². The molecule has 0 atom stereocenters. The maximum absolute atomic E-state index is 13.4. The number of anilines is 1. The molecule has 0 aromatic heterocycles. The molecule has 2 rings (SSSR count). The topological polar surface area (TPSA) is 85.2 Å². The largest absolute Gasteiger partial charge is 0.333 e. The summed E-state index contributed by atoms with van der Waals surface area (Å²) in [6, 6.07) is 5.55. The first kappa shape index (κ1) is 14.9. The Bertz CT molecular complexity index is 589. The summed E-state index contributed by atoms with van der Waals surface area (Å²) in [4.78, 5) is 25.4. The summed E-state index contributed by atoms with van der Waals surface area (Å²) in [6.45, 7) is 2.37. The Morgan fingerprint density at radius 2 is 2.14 bits per heavy atom. The van der Waals surface area contributed by atoms with Crippen molar-refractivity contribution in [1.29, 1.82) is 5.26 Å². The Morgan fingerprint density at radius 3 is 2.90 bits per heavy atom. The SMILES string of the molecule is N#Cc1c(F)cccc1NC(=O)C(=O)N1CCCNCC1. The van der Waals surface area contributed by atoms with Gasteiger partial charge < -0.3 is 15.5 Å². The predicted octanol–water partition coefficient (Wildman–Crippen LogP) is 0.458. The lowest BCUT2D eigenvalue weighted by Gasteiger charge is -2.19. The van der Waals surface area contributed by atoms with Crippen LogP contribution in [0.4, 0.5) is 10.1 Å². The Kier molecular flexibility index (Phi) is 4.85. The molecule has 0 bridgehead atoms. The van der Waals surface area contributed by atoms with E-state index in [9.17, 15) is 14.0 Å². The molecule has 1 aromatic rings. The lowest BCUT2D eigenvalue weighted by molar-refractivity contribution is -0.143. The van der Waals surface area contributed by atoms with Gasteiger partial charge in [-0.3, -0.25) is 9.59 Å². The van der Waals surface area contributed by atoms with Gasteiger partial charge in [0.05, 0.1) is 5.69 Å². The van der Waals surface area contributed by atoms with E-state index >= 15 is 0 Å².